The van der Waals surface area contributed by atoms with Crippen molar-refractivity contribution in [1.29, 1.82) is 0 Å². The van der Waals surface area contributed by atoms with Crippen LogP contribution in [-0.2, 0) is 6.42 Å². The van der Waals surface area contributed by atoms with Crippen molar-refractivity contribution in [3.63, 3.8) is 0 Å². The van der Waals surface area contributed by atoms with Gasteiger partial charge >= 0.3 is 0 Å². The average Bonchev–Trinajstić information content (AvgIpc) is 3.23. The van der Waals surface area contributed by atoms with Crippen molar-refractivity contribution in [2.45, 2.75) is 32.2 Å². The maximum absolute atomic E-state index is 6.06. The third kappa shape index (κ3) is 3.44. The summed E-state index contributed by atoms with van der Waals surface area (Å²) in [6, 6.07) is 10.6. The number of hydrogen-bond acceptors (Lipinski definition) is 5. The van der Waals surface area contributed by atoms with E-state index in [0.717, 1.165) is 55.1 Å². The summed E-state index contributed by atoms with van der Waals surface area (Å²) in [7, 11) is 0. The molecular weight excluding hydrogens is 312 g/mol. The largest absolute Gasteiger partial charge is 0.361 e. The zero-order valence-electron chi connectivity index (χ0n) is 14.5. The van der Waals surface area contributed by atoms with Gasteiger partial charge in [0.05, 0.1) is 0 Å². The molecule has 1 aliphatic heterocycles. The summed E-state index contributed by atoms with van der Waals surface area (Å²) in [5.74, 6) is 1.61. The molecule has 1 aromatic carbocycles. The molecule has 3 aromatic rings. The number of hydrogen-bond donors (Lipinski definition) is 3. The Morgan fingerprint density at radius 2 is 2.20 bits per heavy atom. The van der Waals surface area contributed by atoms with E-state index in [4.69, 9.17) is 10.7 Å². The van der Waals surface area contributed by atoms with Gasteiger partial charge in [0, 0.05) is 48.3 Å². The van der Waals surface area contributed by atoms with Gasteiger partial charge in [0.15, 0.2) is 0 Å². The summed E-state index contributed by atoms with van der Waals surface area (Å²) in [5, 5.41) is 4.55. The first kappa shape index (κ1) is 15.9. The van der Waals surface area contributed by atoms with Crippen LogP contribution >= 0.6 is 0 Å². The van der Waals surface area contributed by atoms with Crippen LogP contribution in [0.4, 0.5) is 17.5 Å². The Labute approximate surface area is 147 Å². The van der Waals surface area contributed by atoms with E-state index in [2.05, 4.69) is 57.4 Å². The molecule has 0 unspecified atom stereocenters. The van der Waals surface area contributed by atoms with E-state index in [0.29, 0.717) is 5.95 Å². The van der Waals surface area contributed by atoms with Crippen LogP contribution in [0.2, 0.25) is 0 Å². The van der Waals surface area contributed by atoms with Gasteiger partial charge in [0.1, 0.15) is 5.82 Å². The van der Waals surface area contributed by atoms with E-state index in [9.17, 15) is 0 Å². The topological polar surface area (TPSA) is 82.9 Å². The van der Waals surface area contributed by atoms with Crippen molar-refractivity contribution in [3.8, 4) is 0 Å². The minimum Gasteiger partial charge on any atom is -0.361 e. The molecule has 0 spiro atoms. The standard InChI is InChI=1S/C19H24N6/c1-2-3-15-11-18(25-9-7-14(20)12-25)24-19(22-15)23-16-5-4-13-6-8-21-17(13)10-16/h4-6,8,10-11,14,21H,2-3,7,9,12,20H2,1H3,(H,22,23,24)/t14-/m0/s1. The fraction of sp³-hybridized carbons (Fsp3) is 0.368. The second-order valence-corrected chi connectivity index (χ2v) is 6.69. The molecule has 0 amide bonds. The summed E-state index contributed by atoms with van der Waals surface area (Å²) in [4.78, 5) is 14.9. The summed E-state index contributed by atoms with van der Waals surface area (Å²) in [5.41, 5.74) is 9.20. The van der Waals surface area contributed by atoms with Crippen LogP contribution in [0.3, 0.4) is 0 Å². The fourth-order valence-electron chi connectivity index (χ4n) is 3.34. The second kappa shape index (κ2) is 6.72. The molecule has 0 bridgehead atoms. The van der Waals surface area contributed by atoms with Gasteiger partial charge in [-0.25, -0.2) is 4.98 Å². The van der Waals surface area contributed by atoms with Crippen LogP contribution in [-0.4, -0.2) is 34.1 Å². The maximum atomic E-state index is 6.06. The highest BCUT2D eigenvalue weighted by atomic mass is 15.2. The highest BCUT2D eigenvalue weighted by molar-refractivity contribution is 5.83. The van der Waals surface area contributed by atoms with Crippen LogP contribution in [0.15, 0.2) is 36.5 Å². The maximum Gasteiger partial charge on any atom is 0.229 e. The molecule has 3 heterocycles. The van der Waals surface area contributed by atoms with Gasteiger partial charge in [0.2, 0.25) is 5.95 Å². The molecule has 1 fully saturated rings. The van der Waals surface area contributed by atoms with Crippen LogP contribution in [0, 0.1) is 0 Å². The zero-order valence-corrected chi connectivity index (χ0v) is 14.5. The first-order valence-corrected chi connectivity index (χ1v) is 8.94. The Hall–Kier alpha value is -2.60. The Morgan fingerprint density at radius 1 is 1.28 bits per heavy atom. The molecule has 2 aromatic heterocycles. The molecule has 0 saturated carbocycles. The smallest absolute Gasteiger partial charge is 0.229 e. The molecular formula is C19H24N6. The molecule has 1 aliphatic rings. The van der Waals surface area contributed by atoms with Gasteiger partial charge < -0.3 is 20.9 Å². The normalized spacial score (nSPS) is 17.4. The monoisotopic (exact) mass is 336 g/mol. The molecule has 130 valence electrons. The number of nitrogens with one attached hydrogen (secondary N) is 2. The second-order valence-electron chi connectivity index (χ2n) is 6.69. The summed E-state index contributed by atoms with van der Waals surface area (Å²) in [6.45, 7) is 3.98. The van der Waals surface area contributed by atoms with Gasteiger partial charge in [-0.1, -0.05) is 19.4 Å². The molecule has 6 nitrogen and oxygen atoms in total. The third-order valence-corrected chi connectivity index (χ3v) is 4.63. The van der Waals surface area contributed by atoms with Crippen molar-refractivity contribution in [2.24, 2.45) is 5.73 Å². The minimum atomic E-state index is 0.233. The van der Waals surface area contributed by atoms with Crippen molar-refractivity contribution >= 4 is 28.4 Å². The Balaban J connectivity index is 1.63. The van der Waals surface area contributed by atoms with Gasteiger partial charge in [0.25, 0.3) is 0 Å². The molecule has 25 heavy (non-hydrogen) atoms. The van der Waals surface area contributed by atoms with Crippen LogP contribution in [0.1, 0.15) is 25.5 Å². The van der Waals surface area contributed by atoms with Gasteiger partial charge in [-0.3, -0.25) is 0 Å². The van der Waals surface area contributed by atoms with E-state index in [1.54, 1.807) is 0 Å². The van der Waals surface area contributed by atoms with E-state index >= 15 is 0 Å². The average molecular weight is 336 g/mol. The van der Waals surface area contributed by atoms with E-state index < -0.39 is 0 Å². The third-order valence-electron chi connectivity index (χ3n) is 4.63. The van der Waals surface area contributed by atoms with Crippen molar-refractivity contribution < 1.29 is 0 Å². The van der Waals surface area contributed by atoms with Crippen molar-refractivity contribution in [1.82, 2.24) is 15.0 Å². The zero-order chi connectivity index (χ0) is 17.2. The quantitative estimate of drug-likeness (QED) is 0.666. The first-order valence-electron chi connectivity index (χ1n) is 8.94. The fourth-order valence-corrected chi connectivity index (χ4v) is 3.34. The molecule has 4 N–H and O–H groups in total. The molecule has 0 radical (unpaired) electrons. The molecule has 1 atom stereocenters. The van der Waals surface area contributed by atoms with Crippen molar-refractivity contribution in [2.75, 3.05) is 23.3 Å². The predicted octanol–water partition coefficient (Wildman–Crippen LogP) is 3.19. The van der Waals surface area contributed by atoms with E-state index in [-0.39, 0.29) is 6.04 Å². The highest BCUT2D eigenvalue weighted by Gasteiger charge is 2.21. The van der Waals surface area contributed by atoms with Crippen LogP contribution in [0.5, 0.6) is 0 Å². The number of nitrogens with zero attached hydrogens (tertiary/aromatic N) is 3. The van der Waals surface area contributed by atoms with E-state index in [1.807, 2.05) is 6.20 Å². The van der Waals surface area contributed by atoms with Crippen molar-refractivity contribution in [3.05, 3.63) is 42.2 Å². The number of rotatable bonds is 5. The van der Waals surface area contributed by atoms with Gasteiger partial charge in [-0.2, -0.15) is 4.98 Å². The number of nitrogens with two attached hydrogens (primary N) is 1. The number of aryl methyl sites for hydroxylation is 1. The predicted molar refractivity (Wildman–Crippen MR) is 102 cm³/mol. The van der Waals surface area contributed by atoms with E-state index in [1.165, 1.54) is 5.39 Å². The summed E-state index contributed by atoms with van der Waals surface area (Å²) >= 11 is 0. The lowest BCUT2D eigenvalue weighted by Crippen LogP contribution is -2.27. The summed E-state index contributed by atoms with van der Waals surface area (Å²) < 4.78 is 0. The Kier molecular flexibility index (Phi) is 4.28. The van der Waals surface area contributed by atoms with Gasteiger partial charge in [-0.05, 0) is 36.4 Å². The highest BCUT2D eigenvalue weighted by Crippen LogP contribution is 2.24. The summed E-state index contributed by atoms with van der Waals surface area (Å²) in [6.07, 6.45) is 4.96. The Bertz CT molecular complexity index is 871. The lowest BCUT2D eigenvalue weighted by Gasteiger charge is -2.19. The lowest BCUT2D eigenvalue weighted by atomic mass is 10.2. The minimum absolute atomic E-state index is 0.233. The molecule has 0 aliphatic carbocycles. The molecule has 4 rings (SSSR count). The van der Waals surface area contributed by atoms with Gasteiger partial charge in [-0.15, -0.1) is 0 Å². The Morgan fingerprint density at radius 3 is 3.00 bits per heavy atom. The number of fused-ring (bicyclic) bond motifs is 1. The number of aromatic amines is 1. The SMILES string of the molecule is CCCc1cc(N2CC[C@H](N)C2)nc(Nc2ccc3cc[nH]c3c2)n1. The number of benzene rings is 1. The first-order chi connectivity index (χ1) is 12.2. The molecule has 1 saturated heterocycles. The van der Waals surface area contributed by atoms with Crippen LogP contribution in [0.25, 0.3) is 10.9 Å². The molecule has 6 heteroatoms. The lowest BCUT2D eigenvalue weighted by molar-refractivity contribution is 0.751. The number of anilines is 3. The number of H-pyrrole nitrogens is 1. The number of aromatic nitrogens is 3. The van der Waals surface area contributed by atoms with Crippen LogP contribution < -0.4 is 16.0 Å².